The first-order chi connectivity index (χ1) is 10.8. The molecule has 3 aliphatic rings. The number of amides is 1. The Morgan fingerprint density at radius 3 is 3.05 bits per heavy atom. The zero-order chi connectivity index (χ0) is 15.0. The lowest BCUT2D eigenvalue weighted by molar-refractivity contribution is -0.157. The number of aromatic nitrogens is 1. The average Bonchev–Trinajstić information content (AvgIpc) is 2.99. The van der Waals surface area contributed by atoms with Crippen LogP contribution in [0.25, 0.3) is 0 Å². The third-order valence-corrected chi connectivity index (χ3v) is 5.58. The molecule has 2 heterocycles. The maximum absolute atomic E-state index is 13.0. The molecule has 1 aromatic heterocycles. The van der Waals surface area contributed by atoms with Crippen LogP contribution in [0.15, 0.2) is 18.3 Å². The number of nitrogens with zero attached hydrogens (tertiary/aromatic N) is 2. The van der Waals surface area contributed by atoms with Gasteiger partial charge in [0.2, 0.25) is 5.91 Å². The summed E-state index contributed by atoms with van der Waals surface area (Å²) in [6, 6.07) is 4.08. The highest BCUT2D eigenvalue weighted by Crippen LogP contribution is 2.37. The van der Waals surface area contributed by atoms with Gasteiger partial charge in [-0.15, -0.1) is 0 Å². The van der Waals surface area contributed by atoms with Crippen molar-refractivity contribution in [2.24, 2.45) is 0 Å². The Kier molecular flexibility index (Phi) is 3.65. The van der Waals surface area contributed by atoms with E-state index in [2.05, 4.69) is 16.0 Å². The number of morpholine rings is 1. The average molecular weight is 300 g/mol. The smallest absolute Gasteiger partial charge is 0.231 e. The summed E-state index contributed by atoms with van der Waals surface area (Å²) in [4.78, 5) is 19.6. The lowest BCUT2D eigenvalue weighted by atomic mass is 9.83. The fourth-order valence-corrected chi connectivity index (χ4v) is 4.40. The number of ether oxygens (including phenoxy) is 1. The van der Waals surface area contributed by atoms with Crippen LogP contribution in [-0.4, -0.2) is 41.1 Å². The summed E-state index contributed by atoms with van der Waals surface area (Å²) in [6.45, 7) is 2.21. The number of aryl methyl sites for hydroxylation is 1. The second-order valence-corrected chi connectivity index (χ2v) is 6.99. The van der Waals surface area contributed by atoms with E-state index in [4.69, 9.17) is 4.74 Å². The molecule has 0 aromatic carbocycles. The zero-order valence-corrected chi connectivity index (χ0v) is 13.1. The molecule has 1 atom stereocenters. The van der Waals surface area contributed by atoms with Gasteiger partial charge in [-0.3, -0.25) is 9.78 Å². The van der Waals surface area contributed by atoms with E-state index in [9.17, 15) is 4.79 Å². The fraction of sp³-hybridized carbons (Fsp3) is 0.667. The summed E-state index contributed by atoms with van der Waals surface area (Å²) in [7, 11) is 0. The molecule has 4 heteroatoms. The first-order valence-corrected chi connectivity index (χ1v) is 8.64. The van der Waals surface area contributed by atoms with Crippen molar-refractivity contribution in [1.82, 2.24) is 9.88 Å². The van der Waals surface area contributed by atoms with Gasteiger partial charge in [0.05, 0.1) is 23.8 Å². The number of rotatable bonds is 1. The fourth-order valence-electron chi connectivity index (χ4n) is 4.40. The predicted molar refractivity (Wildman–Crippen MR) is 83.6 cm³/mol. The van der Waals surface area contributed by atoms with Crippen LogP contribution in [-0.2, 0) is 16.0 Å². The lowest BCUT2D eigenvalue weighted by Gasteiger charge is -2.45. The van der Waals surface area contributed by atoms with Gasteiger partial charge in [-0.1, -0.05) is 25.3 Å². The summed E-state index contributed by atoms with van der Waals surface area (Å²) in [5.74, 6) is 0.237. The molecule has 1 amide bonds. The zero-order valence-electron chi connectivity index (χ0n) is 13.1. The van der Waals surface area contributed by atoms with Crippen LogP contribution < -0.4 is 0 Å². The molecular weight excluding hydrogens is 276 g/mol. The molecule has 1 saturated carbocycles. The summed E-state index contributed by atoms with van der Waals surface area (Å²) in [6.07, 6.45) is 9.69. The molecule has 4 nitrogen and oxygen atoms in total. The Hall–Kier alpha value is -1.42. The van der Waals surface area contributed by atoms with Crippen LogP contribution in [0.2, 0.25) is 0 Å². The number of fused-ring (bicyclic) bond motifs is 1. The minimum Gasteiger partial charge on any atom is -0.371 e. The maximum atomic E-state index is 13.0. The van der Waals surface area contributed by atoms with E-state index in [0.717, 1.165) is 44.5 Å². The molecule has 4 rings (SSSR count). The molecule has 1 saturated heterocycles. The Balaban J connectivity index is 1.51. The number of pyridine rings is 1. The second-order valence-electron chi connectivity index (χ2n) is 6.99. The van der Waals surface area contributed by atoms with E-state index in [1.165, 1.54) is 24.8 Å². The molecule has 1 aliphatic heterocycles. The summed E-state index contributed by atoms with van der Waals surface area (Å²) in [5, 5.41) is 0. The largest absolute Gasteiger partial charge is 0.371 e. The number of carbonyl (C=O) groups is 1. The van der Waals surface area contributed by atoms with Crippen molar-refractivity contribution in [1.29, 1.82) is 0 Å². The first kappa shape index (κ1) is 14.2. The van der Waals surface area contributed by atoms with Crippen molar-refractivity contribution in [3.8, 4) is 0 Å². The van der Waals surface area contributed by atoms with Crippen molar-refractivity contribution in [2.75, 3.05) is 19.7 Å². The second kappa shape index (κ2) is 5.65. The molecular formula is C18H24N2O2. The molecule has 1 spiro atoms. The van der Waals surface area contributed by atoms with Crippen molar-refractivity contribution in [3.63, 3.8) is 0 Å². The van der Waals surface area contributed by atoms with Gasteiger partial charge in [-0.25, -0.2) is 0 Å². The molecule has 118 valence electrons. The van der Waals surface area contributed by atoms with Gasteiger partial charge in [-0.2, -0.15) is 0 Å². The van der Waals surface area contributed by atoms with Crippen molar-refractivity contribution in [3.05, 3.63) is 29.6 Å². The summed E-state index contributed by atoms with van der Waals surface area (Å²) in [5.41, 5.74) is 2.20. The van der Waals surface area contributed by atoms with Gasteiger partial charge >= 0.3 is 0 Å². The van der Waals surface area contributed by atoms with Gasteiger partial charge < -0.3 is 9.64 Å². The summed E-state index contributed by atoms with van der Waals surface area (Å²) >= 11 is 0. The first-order valence-electron chi connectivity index (χ1n) is 8.64. The molecule has 0 radical (unpaired) electrons. The van der Waals surface area contributed by atoms with E-state index in [1.54, 1.807) is 0 Å². The van der Waals surface area contributed by atoms with E-state index in [-0.39, 0.29) is 17.4 Å². The molecule has 0 N–H and O–H groups in total. The normalized spacial score (nSPS) is 26.9. The third-order valence-electron chi connectivity index (χ3n) is 5.58. The van der Waals surface area contributed by atoms with Crippen molar-refractivity contribution >= 4 is 5.91 Å². The van der Waals surface area contributed by atoms with Gasteiger partial charge in [0, 0.05) is 19.3 Å². The number of hydrogen-bond donors (Lipinski definition) is 0. The van der Waals surface area contributed by atoms with E-state index in [0.29, 0.717) is 6.61 Å². The number of carbonyl (C=O) groups excluding carboxylic acids is 1. The van der Waals surface area contributed by atoms with Crippen LogP contribution in [0.5, 0.6) is 0 Å². The van der Waals surface area contributed by atoms with Crippen LogP contribution in [0.1, 0.15) is 55.7 Å². The Morgan fingerprint density at radius 1 is 1.32 bits per heavy atom. The van der Waals surface area contributed by atoms with Crippen LogP contribution in [0, 0.1) is 0 Å². The Bertz CT molecular complexity index is 560. The predicted octanol–water partition coefficient (Wildman–Crippen LogP) is 2.67. The summed E-state index contributed by atoms with van der Waals surface area (Å²) < 4.78 is 6.11. The minimum absolute atomic E-state index is 0.0325. The molecule has 0 bridgehead atoms. The highest BCUT2D eigenvalue weighted by molar-refractivity contribution is 5.84. The Morgan fingerprint density at radius 2 is 2.18 bits per heavy atom. The van der Waals surface area contributed by atoms with Crippen LogP contribution in [0.3, 0.4) is 0 Å². The highest BCUT2D eigenvalue weighted by atomic mass is 16.5. The minimum atomic E-state index is -0.0578. The molecule has 2 aliphatic carbocycles. The molecule has 2 fully saturated rings. The van der Waals surface area contributed by atoms with E-state index >= 15 is 0 Å². The molecule has 1 aromatic rings. The molecule has 22 heavy (non-hydrogen) atoms. The highest BCUT2D eigenvalue weighted by Gasteiger charge is 2.41. The maximum Gasteiger partial charge on any atom is 0.231 e. The molecule has 0 unspecified atom stereocenters. The van der Waals surface area contributed by atoms with Crippen molar-refractivity contribution in [2.45, 2.75) is 56.5 Å². The van der Waals surface area contributed by atoms with Crippen LogP contribution in [0.4, 0.5) is 0 Å². The van der Waals surface area contributed by atoms with Gasteiger partial charge in [0.1, 0.15) is 0 Å². The monoisotopic (exact) mass is 300 g/mol. The third kappa shape index (κ3) is 2.43. The standard InChI is InChI=1S/C18H24N2O2/c21-17(15-7-6-14-5-4-10-19-16(14)15)20-11-12-22-18(13-20)8-2-1-3-9-18/h4-5,10,15H,1-3,6-9,11-13H2/t15-/m1/s1. The number of hydrogen-bond acceptors (Lipinski definition) is 3. The van der Waals surface area contributed by atoms with Gasteiger partial charge in [-0.05, 0) is 37.3 Å². The topological polar surface area (TPSA) is 42.4 Å². The van der Waals surface area contributed by atoms with Crippen LogP contribution >= 0.6 is 0 Å². The van der Waals surface area contributed by atoms with E-state index < -0.39 is 0 Å². The Labute approximate surface area is 131 Å². The van der Waals surface area contributed by atoms with Gasteiger partial charge in [0.15, 0.2) is 0 Å². The quantitative estimate of drug-likeness (QED) is 0.801. The van der Waals surface area contributed by atoms with E-state index in [1.807, 2.05) is 12.3 Å². The SMILES string of the molecule is O=C([C@@H]1CCc2cccnc21)N1CCOC2(CCCCC2)C1. The van der Waals surface area contributed by atoms with Crippen molar-refractivity contribution < 1.29 is 9.53 Å². The van der Waals surface area contributed by atoms with Gasteiger partial charge in [0.25, 0.3) is 0 Å². The lowest BCUT2D eigenvalue weighted by Crippen LogP contribution is -2.55.